The van der Waals surface area contributed by atoms with Crippen molar-refractivity contribution >= 4 is 58.5 Å². The first-order valence-corrected chi connectivity index (χ1v) is 25.1. The topological polar surface area (TPSA) is 210 Å². The maximum atomic E-state index is 14.6. The van der Waals surface area contributed by atoms with E-state index in [9.17, 15) is 29.1 Å². The molecule has 0 spiro atoms. The van der Waals surface area contributed by atoms with Crippen LogP contribution in [0.2, 0.25) is 0 Å². The minimum atomic E-state index is -1.95. The summed E-state index contributed by atoms with van der Waals surface area (Å²) in [5, 5.41) is 17.1. The Morgan fingerprint density at radius 1 is 0.986 bits per heavy atom. The number of ketones is 1. The van der Waals surface area contributed by atoms with E-state index in [1.165, 1.54) is 7.11 Å². The molecule has 0 radical (unpaired) electrons. The number of phenolic OH excluding ortho intramolecular Hbond substituents is 1. The Bertz CT molecular complexity index is 3670. The number of fused-ring (bicyclic) bond motifs is 12. The third-order valence-electron chi connectivity index (χ3n) is 16.3. The number of benzene rings is 1. The maximum Gasteiger partial charge on any atom is 0.355 e. The number of rotatable bonds is 9. The number of cyclic esters (lactones) is 1. The van der Waals surface area contributed by atoms with Gasteiger partial charge in [0, 0.05) is 85.8 Å². The first kappa shape index (κ1) is 47.7. The first-order valence-electron chi connectivity index (χ1n) is 25.1. The Hall–Kier alpha value is -7.59. The number of aromatic hydroxyl groups is 1. The lowest BCUT2D eigenvalue weighted by molar-refractivity contribution is -0.189. The molecule has 5 atom stereocenters. The summed E-state index contributed by atoms with van der Waals surface area (Å²) in [6.45, 7) is 14.4. The SMILES string of the molecule is CCc1c(C)/c2[nH]/c1=C\C1NC3=C(C4=N/C(=C\c5[nH]c(c(C)c5C)/C=2)[C@H](C)C4CCC(=O)OC2(CC)C(=O)OCc4c2cc2n(c4=O)Cc4cc5cc(O)c(CN(C)C)cc5nc4-2)C(C(=O)OC)C(=O)C3=C1C. The molecular formula is C57H59N7O9. The molecule has 16 nitrogen and oxygen atoms in total. The van der Waals surface area contributed by atoms with Crippen LogP contribution >= 0.6 is 0 Å². The summed E-state index contributed by atoms with van der Waals surface area (Å²) in [6.07, 6.45) is 6.98. The van der Waals surface area contributed by atoms with Gasteiger partial charge in [-0.05, 0) is 131 Å². The molecule has 11 rings (SSSR count). The van der Waals surface area contributed by atoms with Gasteiger partial charge in [-0.25, -0.2) is 9.78 Å². The fraction of sp³-hybridized carbons (Fsp3) is 0.386. The van der Waals surface area contributed by atoms with E-state index in [0.29, 0.717) is 57.3 Å². The number of nitrogens with zero attached hydrogens (tertiary/aromatic N) is 4. The molecule has 4 aromatic heterocycles. The summed E-state index contributed by atoms with van der Waals surface area (Å²) >= 11 is 0. The standard InChI is InChI=1S/C57H59N7O9/c1-11-33-27(5)39-19-37-25(3)26(4)38(58-37)20-40-28(6)34(51(60-40)48-49(55(69)71-10)53(67)47-29(7)41(61-52(47)48)21-43(33)59-39)13-14-46(66)73-57(12-2)36-18-44-50-32(23-64(44)54(68)35(36)24-72-56(57)70)15-30-17-45(65)31(22-63(8)9)16-42(30)62-50/h15-21,28,34,41,49,58-59,61,65H,11-14,22-24H2,1-10H3/b39-19+,40-20-,43-21-/t28-,34?,41?,49?,57?/m1/s1. The third kappa shape index (κ3) is 7.22. The molecule has 5 aromatic rings. The molecule has 0 saturated carbocycles. The van der Waals surface area contributed by atoms with Gasteiger partial charge in [0.05, 0.1) is 53.6 Å². The highest BCUT2D eigenvalue weighted by atomic mass is 16.6. The van der Waals surface area contributed by atoms with Crippen LogP contribution in [0.15, 0.2) is 62.2 Å². The minimum Gasteiger partial charge on any atom is -0.508 e. The summed E-state index contributed by atoms with van der Waals surface area (Å²) in [6, 6.07) is 6.79. The number of phenols is 1. The lowest BCUT2D eigenvalue weighted by Crippen LogP contribution is -2.47. The number of H-pyrrole nitrogens is 2. The number of aromatic amines is 2. The van der Waals surface area contributed by atoms with Crippen LogP contribution in [0, 0.1) is 38.5 Å². The van der Waals surface area contributed by atoms with Crippen LogP contribution in [-0.2, 0) is 65.1 Å². The van der Waals surface area contributed by atoms with E-state index >= 15 is 0 Å². The number of hydrogen-bond acceptors (Lipinski definition) is 13. The van der Waals surface area contributed by atoms with Gasteiger partial charge in [0.15, 0.2) is 5.78 Å². The first-order chi connectivity index (χ1) is 34.9. The van der Waals surface area contributed by atoms with E-state index in [0.717, 1.165) is 67.3 Å². The lowest BCUT2D eigenvalue weighted by atomic mass is 9.81. The van der Waals surface area contributed by atoms with Gasteiger partial charge in [-0.1, -0.05) is 20.8 Å². The van der Waals surface area contributed by atoms with Crippen molar-refractivity contribution in [2.75, 3.05) is 21.2 Å². The highest BCUT2D eigenvalue weighted by Gasteiger charge is 2.53. The molecule has 6 aliphatic rings. The van der Waals surface area contributed by atoms with Crippen molar-refractivity contribution in [1.82, 2.24) is 29.7 Å². The number of aromatic nitrogens is 4. The molecule has 0 saturated heterocycles. The van der Waals surface area contributed by atoms with E-state index in [2.05, 4.69) is 55.1 Å². The minimum absolute atomic E-state index is 0.0209. The molecule has 1 aliphatic carbocycles. The summed E-state index contributed by atoms with van der Waals surface area (Å²) in [5.41, 5.74) is 10.8. The van der Waals surface area contributed by atoms with Crippen molar-refractivity contribution in [3.63, 3.8) is 0 Å². The Balaban J connectivity index is 0.974. The molecule has 376 valence electrons. The average Bonchev–Trinajstić information content (AvgIpc) is 4.17. The molecular weight excluding hydrogens is 927 g/mol. The van der Waals surface area contributed by atoms with Crippen LogP contribution in [0.25, 0.3) is 40.5 Å². The smallest absolute Gasteiger partial charge is 0.355 e. The van der Waals surface area contributed by atoms with Crippen LogP contribution in [0.3, 0.4) is 0 Å². The number of hydrogen-bond donors (Lipinski definition) is 4. The monoisotopic (exact) mass is 985 g/mol. The van der Waals surface area contributed by atoms with Gasteiger partial charge < -0.3 is 44.1 Å². The zero-order valence-electron chi connectivity index (χ0n) is 42.8. The van der Waals surface area contributed by atoms with Gasteiger partial charge in [-0.2, -0.15) is 0 Å². The van der Waals surface area contributed by atoms with Crippen molar-refractivity contribution in [2.45, 2.75) is 105 Å². The molecule has 5 aliphatic heterocycles. The van der Waals surface area contributed by atoms with Crippen LogP contribution in [0.4, 0.5) is 0 Å². The second-order valence-electron chi connectivity index (χ2n) is 20.7. The van der Waals surface area contributed by atoms with Crippen LogP contribution in [-0.4, -0.2) is 86.2 Å². The number of esters is 3. The largest absolute Gasteiger partial charge is 0.508 e. The predicted molar refractivity (Wildman–Crippen MR) is 274 cm³/mol. The second-order valence-corrected chi connectivity index (χ2v) is 20.7. The fourth-order valence-electron chi connectivity index (χ4n) is 12.1. The Morgan fingerprint density at radius 3 is 2.45 bits per heavy atom. The summed E-state index contributed by atoms with van der Waals surface area (Å²) in [4.78, 5) is 91.1. The number of methoxy groups -OCH3 is 1. The third-order valence-corrected chi connectivity index (χ3v) is 16.3. The Labute approximate surface area is 421 Å². The number of aliphatic imine (C=N–C) groups is 1. The van der Waals surface area contributed by atoms with Gasteiger partial charge in [-0.3, -0.25) is 24.2 Å². The molecule has 1 aromatic carbocycles. The van der Waals surface area contributed by atoms with Crippen LogP contribution < -0.4 is 21.6 Å². The Morgan fingerprint density at radius 2 is 1.74 bits per heavy atom. The van der Waals surface area contributed by atoms with E-state index in [4.69, 9.17) is 24.2 Å². The van der Waals surface area contributed by atoms with E-state index < -0.39 is 35.3 Å². The normalized spacial score (nSPS) is 24.0. The molecule has 9 heterocycles. The van der Waals surface area contributed by atoms with Crippen molar-refractivity contribution in [3.05, 3.63) is 129 Å². The van der Waals surface area contributed by atoms with Crippen molar-refractivity contribution < 1.29 is 38.5 Å². The number of nitrogens with one attached hydrogen (secondary N) is 3. The summed E-state index contributed by atoms with van der Waals surface area (Å²) in [7, 11) is 5.09. The second kappa shape index (κ2) is 17.3. The molecule has 0 amide bonds. The number of ether oxygens (including phenoxy) is 3. The number of allylic oxidation sites excluding steroid dienone is 2. The molecule has 4 N–H and O–H groups in total. The number of Topliss-reactive ketones (excluding diaryl/α,β-unsaturated/α-hetero) is 1. The van der Waals surface area contributed by atoms with Crippen molar-refractivity contribution in [1.29, 1.82) is 0 Å². The van der Waals surface area contributed by atoms with E-state index in [1.54, 1.807) is 23.6 Å². The van der Waals surface area contributed by atoms with E-state index in [-0.39, 0.29) is 72.6 Å². The number of carbonyl (C=O) groups excluding carboxylic acids is 4. The van der Waals surface area contributed by atoms with Crippen LogP contribution in [0.5, 0.6) is 5.75 Å². The van der Waals surface area contributed by atoms with E-state index in [1.807, 2.05) is 51.1 Å². The van der Waals surface area contributed by atoms with Gasteiger partial charge in [-0.15, -0.1) is 0 Å². The zero-order chi connectivity index (χ0) is 51.7. The zero-order valence-corrected chi connectivity index (χ0v) is 42.8. The molecule has 0 fully saturated rings. The molecule has 4 unspecified atom stereocenters. The van der Waals surface area contributed by atoms with Crippen LogP contribution in [0.1, 0.15) is 103 Å². The number of carbonyl (C=O) groups is 4. The Kier molecular flexibility index (Phi) is 11.3. The fourth-order valence-corrected chi connectivity index (χ4v) is 12.1. The molecule has 8 bridgehead atoms. The highest BCUT2D eigenvalue weighted by Crippen LogP contribution is 2.48. The van der Waals surface area contributed by atoms with Gasteiger partial charge in [0.1, 0.15) is 18.3 Å². The lowest BCUT2D eigenvalue weighted by Gasteiger charge is -2.35. The predicted octanol–water partition coefficient (Wildman–Crippen LogP) is 5.61. The quantitative estimate of drug-likeness (QED) is 0.0792. The van der Waals surface area contributed by atoms with Crippen molar-refractivity contribution in [2.24, 2.45) is 22.7 Å². The van der Waals surface area contributed by atoms with Gasteiger partial charge in [0.2, 0.25) is 5.60 Å². The van der Waals surface area contributed by atoms with Gasteiger partial charge in [0.25, 0.3) is 5.56 Å². The van der Waals surface area contributed by atoms with Crippen molar-refractivity contribution in [3.8, 4) is 17.1 Å². The molecule has 16 heteroatoms. The average molecular weight is 986 g/mol. The maximum absolute atomic E-state index is 14.6. The molecule has 73 heavy (non-hydrogen) atoms. The number of pyridine rings is 2. The summed E-state index contributed by atoms with van der Waals surface area (Å²) in [5.74, 6) is -4.53. The highest BCUT2D eigenvalue weighted by molar-refractivity contribution is 6.26. The summed E-state index contributed by atoms with van der Waals surface area (Å²) < 4.78 is 18.9. The van der Waals surface area contributed by atoms with Gasteiger partial charge >= 0.3 is 17.9 Å².